The first kappa shape index (κ1) is 23.9. The molecular weight excluding hydrogens is 450 g/mol. The van der Waals surface area contributed by atoms with E-state index in [-0.39, 0.29) is 23.3 Å². The van der Waals surface area contributed by atoms with Gasteiger partial charge in [0.25, 0.3) is 5.56 Å². The number of hydrogen-bond donors (Lipinski definition) is 1. The second-order valence-electron chi connectivity index (χ2n) is 8.45. The minimum atomic E-state index is -3.66. The van der Waals surface area contributed by atoms with Crippen molar-refractivity contribution in [1.29, 1.82) is 0 Å². The van der Waals surface area contributed by atoms with Gasteiger partial charge in [-0.05, 0) is 36.5 Å². The molecule has 1 aliphatic rings. The van der Waals surface area contributed by atoms with Crippen molar-refractivity contribution < 1.29 is 13.2 Å². The van der Waals surface area contributed by atoms with Gasteiger partial charge in [0.05, 0.1) is 4.90 Å². The maximum atomic E-state index is 12.8. The van der Waals surface area contributed by atoms with Crippen LogP contribution in [0.5, 0.6) is 0 Å². The van der Waals surface area contributed by atoms with E-state index >= 15 is 0 Å². The highest BCUT2D eigenvalue weighted by molar-refractivity contribution is 7.89. The number of amides is 1. The van der Waals surface area contributed by atoms with Gasteiger partial charge in [0.15, 0.2) is 0 Å². The minimum absolute atomic E-state index is 0.0371. The predicted molar refractivity (Wildman–Crippen MR) is 131 cm³/mol. The molecule has 3 aromatic rings. The molecule has 4 rings (SSSR count). The van der Waals surface area contributed by atoms with Crippen LogP contribution in [0.2, 0.25) is 0 Å². The second kappa shape index (κ2) is 10.8. The molecule has 7 nitrogen and oxygen atoms in total. The number of benzene rings is 2. The van der Waals surface area contributed by atoms with Crippen LogP contribution in [0.25, 0.3) is 0 Å². The Balaban J connectivity index is 1.41. The molecule has 1 aliphatic heterocycles. The van der Waals surface area contributed by atoms with E-state index in [0.717, 1.165) is 17.4 Å². The van der Waals surface area contributed by atoms with E-state index in [0.29, 0.717) is 26.1 Å². The number of pyridine rings is 1. The Morgan fingerprint density at radius 1 is 0.882 bits per heavy atom. The Hall–Kier alpha value is -3.23. The molecule has 178 valence electrons. The molecule has 0 saturated carbocycles. The topological polar surface area (TPSA) is 88.5 Å². The lowest BCUT2D eigenvalue weighted by atomic mass is 9.88. The summed E-state index contributed by atoms with van der Waals surface area (Å²) in [6.07, 6.45) is 3.62. The number of aromatic nitrogens is 1. The first-order valence-corrected chi connectivity index (χ1v) is 13.0. The van der Waals surface area contributed by atoms with Crippen LogP contribution < -0.4 is 10.9 Å². The highest BCUT2D eigenvalue weighted by Gasteiger charge is 2.27. The fraction of sp³-hybridized carbons (Fsp3) is 0.308. The van der Waals surface area contributed by atoms with E-state index < -0.39 is 15.6 Å². The van der Waals surface area contributed by atoms with Crippen LogP contribution in [0.1, 0.15) is 36.3 Å². The quantitative estimate of drug-likeness (QED) is 0.511. The number of carbonyl (C=O) groups is 1. The number of nitrogens with one attached hydrogen (secondary N) is 1. The molecule has 34 heavy (non-hydrogen) atoms. The highest BCUT2D eigenvalue weighted by Crippen LogP contribution is 2.27. The summed E-state index contributed by atoms with van der Waals surface area (Å²) in [5, 5.41) is 2.88. The number of sulfonamides is 1. The third-order valence-electron chi connectivity index (χ3n) is 6.13. The molecule has 0 aliphatic carbocycles. The van der Waals surface area contributed by atoms with Crippen molar-refractivity contribution in [3.8, 4) is 0 Å². The van der Waals surface area contributed by atoms with Crippen LogP contribution in [0.4, 0.5) is 0 Å². The maximum Gasteiger partial charge on any atom is 0.251 e. The second-order valence-corrected chi connectivity index (χ2v) is 10.4. The van der Waals surface area contributed by atoms with Crippen molar-refractivity contribution in [2.24, 2.45) is 0 Å². The molecule has 0 atom stereocenters. The third-order valence-corrected chi connectivity index (χ3v) is 8.01. The molecule has 8 heteroatoms. The summed E-state index contributed by atoms with van der Waals surface area (Å²) < 4.78 is 28.2. The molecule has 1 amide bonds. The number of rotatable bonds is 9. The van der Waals surface area contributed by atoms with E-state index in [9.17, 15) is 18.0 Å². The third kappa shape index (κ3) is 5.63. The van der Waals surface area contributed by atoms with Gasteiger partial charge in [-0.25, -0.2) is 8.42 Å². The summed E-state index contributed by atoms with van der Waals surface area (Å²) in [6, 6.07) is 22.8. The van der Waals surface area contributed by atoms with Crippen molar-refractivity contribution in [2.75, 3.05) is 19.6 Å². The zero-order chi connectivity index (χ0) is 24.0. The molecule has 1 N–H and O–H groups in total. The average Bonchev–Trinajstić information content (AvgIpc) is 3.40. The SMILES string of the molecule is O=C(Cn1cc(S(=O)(=O)N2CCCC2)ccc1=O)NCCC(c1ccccc1)c1ccccc1. The molecule has 0 unspecified atom stereocenters. The van der Waals surface area contributed by atoms with Gasteiger partial charge in [-0.1, -0.05) is 60.7 Å². The largest absolute Gasteiger partial charge is 0.355 e. The minimum Gasteiger partial charge on any atom is -0.355 e. The Kier molecular flexibility index (Phi) is 7.59. The predicted octanol–water partition coefficient (Wildman–Crippen LogP) is 2.97. The molecule has 0 radical (unpaired) electrons. The smallest absolute Gasteiger partial charge is 0.251 e. The lowest BCUT2D eigenvalue weighted by Crippen LogP contribution is -2.34. The van der Waals surface area contributed by atoms with Crippen molar-refractivity contribution in [3.63, 3.8) is 0 Å². The van der Waals surface area contributed by atoms with Crippen LogP contribution >= 0.6 is 0 Å². The van der Waals surface area contributed by atoms with E-state index in [1.54, 1.807) is 0 Å². The van der Waals surface area contributed by atoms with Gasteiger partial charge >= 0.3 is 0 Å². The number of nitrogens with zero attached hydrogens (tertiary/aromatic N) is 2. The summed E-state index contributed by atoms with van der Waals surface area (Å²) in [7, 11) is -3.66. The average molecular weight is 480 g/mol. The number of carbonyl (C=O) groups excluding carboxylic acids is 1. The summed E-state index contributed by atoms with van der Waals surface area (Å²) in [6.45, 7) is 1.15. The zero-order valence-corrected chi connectivity index (χ0v) is 19.8. The van der Waals surface area contributed by atoms with E-state index in [1.165, 1.54) is 33.8 Å². The van der Waals surface area contributed by atoms with Crippen molar-refractivity contribution in [3.05, 3.63) is 100 Å². The monoisotopic (exact) mass is 479 g/mol. The van der Waals surface area contributed by atoms with Crippen molar-refractivity contribution in [1.82, 2.24) is 14.2 Å². The fourth-order valence-electron chi connectivity index (χ4n) is 4.33. The van der Waals surface area contributed by atoms with E-state index in [4.69, 9.17) is 0 Å². The van der Waals surface area contributed by atoms with Crippen LogP contribution in [0.15, 0.2) is 88.7 Å². The molecule has 0 spiro atoms. The zero-order valence-electron chi connectivity index (χ0n) is 19.0. The van der Waals surface area contributed by atoms with Gasteiger partial charge < -0.3 is 9.88 Å². The first-order valence-electron chi connectivity index (χ1n) is 11.5. The molecule has 0 bridgehead atoms. The molecular formula is C26H29N3O4S. The fourth-order valence-corrected chi connectivity index (χ4v) is 5.86. The summed E-state index contributed by atoms with van der Waals surface area (Å²) >= 11 is 0. The Bertz CT molecular complexity index is 1230. The maximum absolute atomic E-state index is 12.8. The molecule has 2 aromatic carbocycles. The van der Waals surface area contributed by atoms with Crippen LogP contribution in [0, 0.1) is 0 Å². The standard InChI is InChI=1S/C26H29N3O4S/c30-25(20-28-19-23(13-14-26(28)31)34(32,33)29-17-7-8-18-29)27-16-15-24(21-9-3-1-4-10-21)22-11-5-2-6-12-22/h1-6,9-14,19,24H,7-8,15-18,20H2,(H,27,30). The van der Waals surface area contributed by atoms with Gasteiger partial charge in [-0.2, -0.15) is 4.31 Å². The summed E-state index contributed by atoms with van der Waals surface area (Å²) in [5.74, 6) is -0.211. The summed E-state index contributed by atoms with van der Waals surface area (Å²) in [4.78, 5) is 24.9. The molecule has 1 saturated heterocycles. The highest BCUT2D eigenvalue weighted by atomic mass is 32.2. The van der Waals surface area contributed by atoms with Gasteiger partial charge in [-0.15, -0.1) is 0 Å². The van der Waals surface area contributed by atoms with Gasteiger partial charge in [-0.3, -0.25) is 9.59 Å². The van der Waals surface area contributed by atoms with Crippen molar-refractivity contribution in [2.45, 2.75) is 36.6 Å². The van der Waals surface area contributed by atoms with E-state index in [1.807, 2.05) is 36.4 Å². The van der Waals surface area contributed by atoms with Crippen LogP contribution in [-0.4, -0.2) is 42.8 Å². The van der Waals surface area contributed by atoms with Crippen LogP contribution in [-0.2, 0) is 21.4 Å². The molecule has 1 aromatic heterocycles. The Labute approximate surface area is 200 Å². The first-order chi connectivity index (χ1) is 16.4. The van der Waals surface area contributed by atoms with Gasteiger partial charge in [0.1, 0.15) is 6.54 Å². The van der Waals surface area contributed by atoms with Crippen molar-refractivity contribution >= 4 is 15.9 Å². The lowest BCUT2D eigenvalue weighted by Gasteiger charge is -2.19. The van der Waals surface area contributed by atoms with Crippen LogP contribution in [0.3, 0.4) is 0 Å². The summed E-state index contributed by atoms with van der Waals surface area (Å²) in [5.41, 5.74) is 1.92. The Morgan fingerprint density at radius 3 is 2.06 bits per heavy atom. The molecule has 1 fully saturated rings. The van der Waals surface area contributed by atoms with E-state index in [2.05, 4.69) is 29.6 Å². The number of hydrogen-bond acceptors (Lipinski definition) is 4. The lowest BCUT2D eigenvalue weighted by molar-refractivity contribution is -0.121. The molecule has 2 heterocycles. The van der Waals surface area contributed by atoms with Gasteiger partial charge in [0.2, 0.25) is 15.9 Å². The normalized spacial score (nSPS) is 14.4. The van der Waals surface area contributed by atoms with Gasteiger partial charge in [0, 0.05) is 37.8 Å². The Morgan fingerprint density at radius 2 is 1.47 bits per heavy atom.